The average Bonchev–Trinajstić information content (AvgIpc) is 3.01. The van der Waals surface area contributed by atoms with Gasteiger partial charge in [0, 0.05) is 36.1 Å². The molecule has 3 rings (SSSR count). The summed E-state index contributed by atoms with van der Waals surface area (Å²) in [6, 6.07) is 10.8. The molecule has 1 saturated heterocycles. The summed E-state index contributed by atoms with van der Waals surface area (Å²) in [5.74, 6) is -0.233. The number of hydrogen-bond acceptors (Lipinski definition) is 2. The maximum atomic E-state index is 13.0. The van der Waals surface area contributed by atoms with Gasteiger partial charge >= 0.3 is 12.2 Å². The summed E-state index contributed by atoms with van der Waals surface area (Å²) in [6.45, 7) is 0.565. The lowest BCUT2D eigenvalue weighted by molar-refractivity contribution is -0.136. The van der Waals surface area contributed by atoms with Crippen molar-refractivity contribution < 1.29 is 22.8 Å². The van der Waals surface area contributed by atoms with Crippen LogP contribution < -0.4 is 15.5 Å². The molecule has 1 heterocycles. The van der Waals surface area contributed by atoms with Crippen LogP contribution in [0.1, 0.15) is 12.0 Å². The van der Waals surface area contributed by atoms with Crippen LogP contribution in [0.5, 0.6) is 0 Å². The fourth-order valence-electron chi connectivity index (χ4n) is 3.03. The van der Waals surface area contributed by atoms with Crippen LogP contribution in [0.15, 0.2) is 48.5 Å². The third-order valence-corrected chi connectivity index (χ3v) is 4.63. The normalized spacial score (nSPS) is 16.9. The fraction of sp³-hybridized carbons (Fsp3) is 0.263. The number of carbonyl (C=O) groups excluding carboxylic acids is 2. The van der Waals surface area contributed by atoms with Crippen LogP contribution >= 0.6 is 11.6 Å². The van der Waals surface area contributed by atoms with Crippen LogP contribution in [0.3, 0.4) is 0 Å². The molecule has 2 N–H and O–H groups in total. The van der Waals surface area contributed by atoms with Gasteiger partial charge in [0.05, 0.1) is 11.3 Å². The first-order valence-corrected chi connectivity index (χ1v) is 8.89. The Labute approximate surface area is 164 Å². The van der Waals surface area contributed by atoms with Gasteiger partial charge in [0.15, 0.2) is 0 Å². The summed E-state index contributed by atoms with van der Waals surface area (Å²) in [4.78, 5) is 25.8. The van der Waals surface area contributed by atoms with E-state index in [-0.39, 0.29) is 30.5 Å². The minimum absolute atomic E-state index is 0.0862. The largest absolute Gasteiger partial charge is 0.418 e. The average molecular weight is 412 g/mol. The first-order chi connectivity index (χ1) is 13.2. The standard InChI is InChI=1S/C19H17ClF3N3O2/c20-13-5-7-14(8-6-13)26-11-12(9-17(26)27)10-24-18(28)25-16-4-2-1-3-15(16)19(21,22)23/h1-8,12H,9-11H2,(H2,24,25,28). The lowest BCUT2D eigenvalue weighted by atomic mass is 10.1. The van der Waals surface area contributed by atoms with E-state index >= 15 is 0 Å². The monoisotopic (exact) mass is 411 g/mol. The van der Waals surface area contributed by atoms with E-state index < -0.39 is 17.8 Å². The van der Waals surface area contributed by atoms with E-state index in [1.54, 1.807) is 29.2 Å². The third-order valence-electron chi connectivity index (χ3n) is 4.38. The van der Waals surface area contributed by atoms with Crippen molar-refractivity contribution in [3.63, 3.8) is 0 Å². The summed E-state index contributed by atoms with van der Waals surface area (Å²) in [6.07, 6.45) is -4.33. The van der Waals surface area contributed by atoms with Crippen LogP contribution in [0.25, 0.3) is 0 Å². The van der Waals surface area contributed by atoms with E-state index in [1.165, 1.54) is 18.2 Å². The lowest BCUT2D eigenvalue weighted by Crippen LogP contribution is -2.34. The molecule has 1 aliphatic heterocycles. The second-order valence-corrected chi connectivity index (χ2v) is 6.87. The van der Waals surface area contributed by atoms with E-state index in [4.69, 9.17) is 11.6 Å². The van der Waals surface area contributed by atoms with Crippen molar-refractivity contribution in [1.29, 1.82) is 0 Å². The van der Waals surface area contributed by atoms with Crippen molar-refractivity contribution >= 4 is 34.9 Å². The zero-order valence-corrected chi connectivity index (χ0v) is 15.3. The van der Waals surface area contributed by atoms with Crippen molar-refractivity contribution in [3.05, 3.63) is 59.1 Å². The molecule has 9 heteroatoms. The van der Waals surface area contributed by atoms with Gasteiger partial charge in [-0.25, -0.2) is 4.79 Å². The minimum atomic E-state index is -4.57. The van der Waals surface area contributed by atoms with Gasteiger partial charge < -0.3 is 15.5 Å². The molecule has 0 saturated carbocycles. The first-order valence-electron chi connectivity index (χ1n) is 8.51. The molecule has 0 aromatic heterocycles. The molecule has 2 aromatic rings. The molecule has 0 bridgehead atoms. The topological polar surface area (TPSA) is 61.4 Å². The quantitative estimate of drug-likeness (QED) is 0.776. The molecule has 148 valence electrons. The Bertz CT molecular complexity index is 871. The Morgan fingerprint density at radius 3 is 2.50 bits per heavy atom. The number of halogens is 4. The number of carbonyl (C=O) groups is 2. The number of rotatable bonds is 4. The van der Waals surface area contributed by atoms with Crippen molar-refractivity contribution in [2.75, 3.05) is 23.3 Å². The van der Waals surface area contributed by atoms with Crippen molar-refractivity contribution in [2.24, 2.45) is 5.92 Å². The van der Waals surface area contributed by atoms with Gasteiger partial charge in [-0.05, 0) is 36.4 Å². The fourth-order valence-corrected chi connectivity index (χ4v) is 3.16. The van der Waals surface area contributed by atoms with Crippen LogP contribution in [-0.4, -0.2) is 25.0 Å². The van der Waals surface area contributed by atoms with E-state index in [1.807, 2.05) is 0 Å². The summed E-state index contributed by atoms with van der Waals surface area (Å²) in [5.41, 5.74) is -0.534. The Morgan fingerprint density at radius 1 is 1.14 bits per heavy atom. The zero-order chi connectivity index (χ0) is 20.3. The molecule has 0 radical (unpaired) electrons. The van der Waals surface area contributed by atoms with Gasteiger partial charge in [-0.3, -0.25) is 4.79 Å². The van der Waals surface area contributed by atoms with Gasteiger partial charge in [-0.2, -0.15) is 13.2 Å². The summed E-state index contributed by atoms with van der Waals surface area (Å²) >= 11 is 5.85. The predicted molar refractivity (Wildman–Crippen MR) is 100 cm³/mol. The first kappa shape index (κ1) is 20.0. The van der Waals surface area contributed by atoms with Gasteiger partial charge in [-0.1, -0.05) is 23.7 Å². The Balaban J connectivity index is 1.56. The van der Waals surface area contributed by atoms with Crippen molar-refractivity contribution in [2.45, 2.75) is 12.6 Å². The van der Waals surface area contributed by atoms with Gasteiger partial charge in [0.25, 0.3) is 0 Å². The number of alkyl halides is 3. The number of urea groups is 1. The number of anilines is 2. The van der Waals surface area contributed by atoms with E-state index in [9.17, 15) is 22.8 Å². The molecule has 3 amide bonds. The summed E-state index contributed by atoms with van der Waals surface area (Å²) in [7, 11) is 0. The second-order valence-electron chi connectivity index (χ2n) is 6.43. The third kappa shape index (κ3) is 4.75. The molecule has 1 fully saturated rings. The van der Waals surface area contributed by atoms with Crippen molar-refractivity contribution in [3.8, 4) is 0 Å². The minimum Gasteiger partial charge on any atom is -0.338 e. The highest BCUT2D eigenvalue weighted by molar-refractivity contribution is 6.30. The van der Waals surface area contributed by atoms with Crippen molar-refractivity contribution in [1.82, 2.24) is 5.32 Å². The highest BCUT2D eigenvalue weighted by Crippen LogP contribution is 2.34. The smallest absolute Gasteiger partial charge is 0.338 e. The number of amides is 3. The van der Waals surface area contributed by atoms with E-state index in [0.717, 1.165) is 6.07 Å². The molecule has 1 aliphatic rings. The molecule has 2 aromatic carbocycles. The molecule has 5 nitrogen and oxygen atoms in total. The maximum Gasteiger partial charge on any atom is 0.418 e. The number of benzene rings is 2. The summed E-state index contributed by atoms with van der Waals surface area (Å²) in [5, 5.41) is 5.31. The van der Waals surface area contributed by atoms with E-state index in [2.05, 4.69) is 10.6 Å². The zero-order valence-electron chi connectivity index (χ0n) is 14.6. The molecule has 28 heavy (non-hydrogen) atoms. The van der Waals surface area contributed by atoms with E-state index in [0.29, 0.717) is 17.3 Å². The highest BCUT2D eigenvalue weighted by atomic mass is 35.5. The van der Waals surface area contributed by atoms with Crippen LogP contribution in [-0.2, 0) is 11.0 Å². The van der Waals surface area contributed by atoms with Crippen LogP contribution in [0, 0.1) is 5.92 Å². The molecular weight excluding hydrogens is 395 g/mol. The number of nitrogens with one attached hydrogen (secondary N) is 2. The highest BCUT2D eigenvalue weighted by Gasteiger charge is 2.34. The second kappa shape index (κ2) is 8.10. The molecular formula is C19H17ClF3N3O2. The van der Waals surface area contributed by atoms with Gasteiger partial charge in [-0.15, -0.1) is 0 Å². The molecule has 0 spiro atoms. The molecule has 0 aliphatic carbocycles. The Morgan fingerprint density at radius 2 is 1.82 bits per heavy atom. The number of nitrogens with zero attached hydrogens (tertiary/aromatic N) is 1. The number of hydrogen-bond donors (Lipinski definition) is 2. The maximum absolute atomic E-state index is 13.0. The summed E-state index contributed by atoms with van der Waals surface area (Å²) < 4.78 is 38.9. The Kier molecular flexibility index (Phi) is 5.79. The molecule has 1 unspecified atom stereocenters. The Hall–Kier alpha value is -2.74. The molecule has 1 atom stereocenters. The van der Waals surface area contributed by atoms with Crippen LogP contribution in [0.2, 0.25) is 5.02 Å². The number of para-hydroxylation sites is 1. The predicted octanol–water partition coefficient (Wildman–Crippen LogP) is 4.53. The van der Waals surface area contributed by atoms with Gasteiger partial charge in [0.1, 0.15) is 0 Å². The SMILES string of the molecule is O=C(NCC1CC(=O)N(c2ccc(Cl)cc2)C1)Nc1ccccc1C(F)(F)F. The lowest BCUT2D eigenvalue weighted by Gasteiger charge is -2.17. The van der Waals surface area contributed by atoms with Gasteiger partial charge in [0.2, 0.25) is 5.91 Å². The van der Waals surface area contributed by atoms with Crippen LogP contribution in [0.4, 0.5) is 29.3 Å².